The Balaban J connectivity index is 1.58. The summed E-state index contributed by atoms with van der Waals surface area (Å²) >= 11 is 8.82. The van der Waals surface area contributed by atoms with Crippen LogP contribution >= 0.6 is 35.1 Å². The van der Waals surface area contributed by atoms with Crippen LogP contribution in [0.5, 0.6) is 0 Å². The lowest BCUT2D eigenvalue weighted by Crippen LogP contribution is -2.27. The van der Waals surface area contributed by atoms with Crippen molar-refractivity contribution in [3.8, 4) is 0 Å². The first kappa shape index (κ1) is 15.2. The standard InChI is InChI=1S/C12H13ClN4OS2/c13-9-1-3-10(4-2-9)19-6-5-14-11(18)7-20-12-15-8-16-17-12/h1-4,8H,5-7H2,(H,14,18)(H,15,16,17). The van der Waals surface area contributed by atoms with Gasteiger partial charge in [0.1, 0.15) is 6.33 Å². The van der Waals surface area contributed by atoms with E-state index in [0.29, 0.717) is 17.5 Å². The largest absolute Gasteiger partial charge is 0.355 e. The summed E-state index contributed by atoms with van der Waals surface area (Å²) in [7, 11) is 0. The van der Waals surface area contributed by atoms with Gasteiger partial charge >= 0.3 is 0 Å². The number of carbonyl (C=O) groups excluding carboxylic acids is 1. The summed E-state index contributed by atoms with van der Waals surface area (Å²) < 4.78 is 0. The zero-order chi connectivity index (χ0) is 14.2. The van der Waals surface area contributed by atoms with Crippen molar-refractivity contribution < 1.29 is 4.79 Å². The highest BCUT2D eigenvalue weighted by molar-refractivity contribution is 7.99. The molecule has 106 valence electrons. The number of nitrogens with zero attached hydrogens (tertiary/aromatic N) is 2. The molecule has 20 heavy (non-hydrogen) atoms. The monoisotopic (exact) mass is 328 g/mol. The van der Waals surface area contributed by atoms with Crippen LogP contribution in [-0.2, 0) is 4.79 Å². The first-order valence-electron chi connectivity index (χ1n) is 5.87. The van der Waals surface area contributed by atoms with Gasteiger partial charge in [-0.2, -0.15) is 5.10 Å². The zero-order valence-corrected chi connectivity index (χ0v) is 12.9. The minimum atomic E-state index is -0.0110. The van der Waals surface area contributed by atoms with E-state index >= 15 is 0 Å². The van der Waals surface area contributed by atoms with Crippen molar-refractivity contribution in [2.45, 2.75) is 10.1 Å². The van der Waals surface area contributed by atoms with Crippen LogP contribution in [0.15, 0.2) is 40.6 Å². The average molecular weight is 329 g/mol. The number of aromatic amines is 1. The number of aromatic nitrogens is 3. The summed E-state index contributed by atoms with van der Waals surface area (Å²) in [4.78, 5) is 16.6. The molecule has 2 N–H and O–H groups in total. The molecule has 0 fully saturated rings. The molecule has 1 amide bonds. The number of H-pyrrole nitrogens is 1. The van der Waals surface area contributed by atoms with Gasteiger partial charge in [0, 0.05) is 22.2 Å². The number of rotatable bonds is 7. The van der Waals surface area contributed by atoms with E-state index in [1.165, 1.54) is 18.1 Å². The minimum absolute atomic E-state index is 0.0110. The van der Waals surface area contributed by atoms with E-state index in [9.17, 15) is 4.79 Å². The van der Waals surface area contributed by atoms with Gasteiger partial charge in [0.15, 0.2) is 5.16 Å². The van der Waals surface area contributed by atoms with E-state index in [2.05, 4.69) is 20.5 Å². The summed E-state index contributed by atoms with van der Waals surface area (Å²) in [5.74, 6) is 1.14. The van der Waals surface area contributed by atoms with E-state index in [1.54, 1.807) is 11.8 Å². The molecule has 0 bridgehead atoms. The first-order valence-corrected chi connectivity index (χ1v) is 8.22. The third-order valence-corrected chi connectivity index (χ3v) is 4.38. The zero-order valence-electron chi connectivity index (χ0n) is 10.5. The predicted molar refractivity (Wildman–Crippen MR) is 82.3 cm³/mol. The fourth-order valence-electron chi connectivity index (χ4n) is 1.34. The van der Waals surface area contributed by atoms with Gasteiger partial charge in [0.05, 0.1) is 5.75 Å². The molecular formula is C12H13ClN4OS2. The van der Waals surface area contributed by atoms with E-state index in [1.807, 2.05) is 24.3 Å². The Labute approximate surface area is 130 Å². The molecule has 1 aromatic heterocycles. The Morgan fingerprint density at radius 1 is 1.30 bits per heavy atom. The third-order valence-electron chi connectivity index (χ3n) is 2.24. The van der Waals surface area contributed by atoms with Crippen molar-refractivity contribution in [1.82, 2.24) is 20.5 Å². The van der Waals surface area contributed by atoms with Crippen LogP contribution in [0.2, 0.25) is 5.02 Å². The summed E-state index contributed by atoms with van der Waals surface area (Å²) in [6.07, 6.45) is 1.42. The van der Waals surface area contributed by atoms with Crippen LogP contribution in [0.3, 0.4) is 0 Å². The van der Waals surface area contributed by atoms with Crippen LogP contribution < -0.4 is 5.32 Å². The van der Waals surface area contributed by atoms with Gasteiger partial charge in [0.2, 0.25) is 5.91 Å². The van der Waals surface area contributed by atoms with E-state index in [-0.39, 0.29) is 5.91 Å². The molecule has 0 aliphatic heterocycles. The molecule has 0 saturated carbocycles. The number of carbonyl (C=O) groups is 1. The Bertz CT molecular complexity index is 533. The lowest BCUT2D eigenvalue weighted by atomic mass is 10.4. The Morgan fingerprint density at radius 2 is 2.10 bits per heavy atom. The molecular weight excluding hydrogens is 316 g/mol. The van der Waals surface area contributed by atoms with Gasteiger partial charge in [-0.1, -0.05) is 23.4 Å². The molecule has 0 radical (unpaired) electrons. The van der Waals surface area contributed by atoms with Crippen molar-refractivity contribution in [2.75, 3.05) is 18.1 Å². The molecule has 2 aromatic rings. The molecule has 0 saturated heterocycles. The molecule has 0 atom stereocenters. The van der Waals surface area contributed by atoms with Crippen molar-refractivity contribution in [2.24, 2.45) is 0 Å². The Morgan fingerprint density at radius 3 is 2.80 bits per heavy atom. The summed E-state index contributed by atoms with van der Waals surface area (Å²) in [5.41, 5.74) is 0. The molecule has 1 aromatic carbocycles. The predicted octanol–water partition coefficient (Wildman–Crippen LogP) is 2.46. The van der Waals surface area contributed by atoms with Crippen molar-refractivity contribution in [3.05, 3.63) is 35.6 Å². The van der Waals surface area contributed by atoms with Gasteiger partial charge in [-0.05, 0) is 24.3 Å². The number of amides is 1. The van der Waals surface area contributed by atoms with E-state index < -0.39 is 0 Å². The quantitative estimate of drug-likeness (QED) is 0.603. The topological polar surface area (TPSA) is 70.7 Å². The lowest BCUT2D eigenvalue weighted by Gasteiger charge is -2.04. The normalized spacial score (nSPS) is 10.4. The summed E-state index contributed by atoms with van der Waals surface area (Å²) in [6.45, 7) is 0.628. The second-order valence-corrected chi connectivity index (χ2v) is 6.30. The number of benzene rings is 1. The summed E-state index contributed by atoms with van der Waals surface area (Å²) in [5, 5.41) is 10.6. The van der Waals surface area contributed by atoms with Crippen molar-refractivity contribution in [1.29, 1.82) is 0 Å². The van der Waals surface area contributed by atoms with Crippen LogP contribution in [0.1, 0.15) is 0 Å². The van der Waals surface area contributed by atoms with Crippen molar-refractivity contribution >= 4 is 41.0 Å². The molecule has 0 unspecified atom stereocenters. The highest BCUT2D eigenvalue weighted by atomic mass is 35.5. The Hall–Kier alpha value is -1.18. The molecule has 0 spiro atoms. The number of nitrogens with one attached hydrogen (secondary N) is 2. The van der Waals surface area contributed by atoms with E-state index in [0.717, 1.165) is 15.7 Å². The second kappa shape index (κ2) is 8.18. The minimum Gasteiger partial charge on any atom is -0.355 e. The van der Waals surface area contributed by atoms with E-state index in [4.69, 9.17) is 11.6 Å². The van der Waals surface area contributed by atoms with Crippen LogP contribution in [0.4, 0.5) is 0 Å². The fourth-order valence-corrected chi connectivity index (χ4v) is 2.84. The molecule has 1 heterocycles. The first-order chi connectivity index (χ1) is 9.74. The Kier molecular flexibility index (Phi) is 6.23. The highest BCUT2D eigenvalue weighted by Gasteiger charge is 2.04. The number of thioether (sulfide) groups is 2. The highest BCUT2D eigenvalue weighted by Crippen LogP contribution is 2.19. The maximum absolute atomic E-state index is 11.6. The molecule has 2 rings (SSSR count). The van der Waals surface area contributed by atoms with Crippen LogP contribution in [0.25, 0.3) is 0 Å². The van der Waals surface area contributed by atoms with Gasteiger partial charge < -0.3 is 5.32 Å². The smallest absolute Gasteiger partial charge is 0.230 e. The van der Waals surface area contributed by atoms with Gasteiger partial charge in [-0.3, -0.25) is 9.89 Å². The van der Waals surface area contributed by atoms with Gasteiger partial charge in [-0.25, -0.2) is 4.98 Å². The van der Waals surface area contributed by atoms with Crippen LogP contribution in [0, 0.1) is 0 Å². The third kappa shape index (κ3) is 5.44. The summed E-state index contributed by atoms with van der Waals surface area (Å²) in [6, 6.07) is 7.65. The molecule has 8 heteroatoms. The fraction of sp³-hybridized carbons (Fsp3) is 0.250. The van der Waals surface area contributed by atoms with Gasteiger partial charge in [-0.15, -0.1) is 11.8 Å². The molecule has 0 aliphatic carbocycles. The average Bonchev–Trinajstić information content (AvgIpc) is 2.96. The number of halogens is 1. The number of hydrogen-bond acceptors (Lipinski definition) is 5. The SMILES string of the molecule is O=C(CSc1ncn[nH]1)NCCSc1ccc(Cl)cc1. The molecule has 0 aliphatic rings. The number of hydrogen-bond donors (Lipinski definition) is 2. The van der Waals surface area contributed by atoms with Crippen LogP contribution in [-0.4, -0.2) is 39.1 Å². The van der Waals surface area contributed by atoms with Crippen molar-refractivity contribution in [3.63, 3.8) is 0 Å². The maximum Gasteiger partial charge on any atom is 0.230 e. The second-order valence-electron chi connectivity index (χ2n) is 3.73. The van der Waals surface area contributed by atoms with Gasteiger partial charge in [0.25, 0.3) is 0 Å². The molecule has 5 nitrogen and oxygen atoms in total. The maximum atomic E-state index is 11.6. The lowest BCUT2D eigenvalue weighted by molar-refractivity contribution is -0.118.